The Kier molecular flexibility index (Phi) is 5.38. The third kappa shape index (κ3) is 3.56. The topological polar surface area (TPSA) is 53.8 Å². The molecule has 0 atom stereocenters. The van der Waals surface area contributed by atoms with Crippen LogP contribution in [0.1, 0.15) is 5.56 Å². The molecule has 2 N–H and O–H groups in total. The van der Waals surface area contributed by atoms with Gasteiger partial charge in [0, 0.05) is 0 Å². The van der Waals surface area contributed by atoms with E-state index in [-0.39, 0.29) is 6.61 Å². The summed E-state index contributed by atoms with van der Waals surface area (Å²) in [5.74, 6) is 0.448. The first-order valence-corrected chi connectivity index (χ1v) is 5.34. The van der Waals surface area contributed by atoms with Crippen molar-refractivity contribution in [2.75, 3.05) is 20.3 Å². The number of rotatable bonds is 5. The second kappa shape index (κ2) is 6.58. The fourth-order valence-corrected chi connectivity index (χ4v) is 1.74. The van der Waals surface area contributed by atoms with Crippen LogP contribution in [-0.2, 0) is 0 Å². The minimum Gasteiger partial charge on any atom is -0.494 e. The molecule has 0 aliphatic carbocycles. The van der Waals surface area contributed by atoms with Crippen LogP contribution in [0.3, 0.4) is 0 Å². The number of ether oxygens (including phenoxy) is 1. The Bertz CT molecular complexity index is 360. The highest BCUT2D eigenvalue weighted by Gasteiger charge is 2.07. The van der Waals surface area contributed by atoms with Crippen molar-refractivity contribution in [3.8, 4) is 5.75 Å². The van der Waals surface area contributed by atoms with Gasteiger partial charge in [0.1, 0.15) is 0 Å². The maximum absolute atomic E-state index is 8.52. The van der Waals surface area contributed by atoms with E-state index < -0.39 is 0 Å². The maximum atomic E-state index is 8.52. The van der Waals surface area contributed by atoms with E-state index in [4.69, 9.17) is 33.0 Å². The molecule has 0 heterocycles. The van der Waals surface area contributed by atoms with E-state index in [1.807, 2.05) is 0 Å². The number of hydrazone groups is 1. The Morgan fingerprint density at radius 1 is 1.44 bits per heavy atom. The van der Waals surface area contributed by atoms with E-state index >= 15 is 0 Å². The fourth-order valence-electron chi connectivity index (χ4n) is 1.08. The molecule has 1 aromatic carbocycles. The lowest BCUT2D eigenvalue weighted by Gasteiger charge is -2.06. The van der Waals surface area contributed by atoms with Crippen LogP contribution in [0.25, 0.3) is 0 Å². The quantitative estimate of drug-likeness (QED) is 0.484. The first-order chi connectivity index (χ1) is 7.69. The van der Waals surface area contributed by atoms with Gasteiger partial charge in [-0.2, -0.15) is 5.10 Å². The van der Waals surface area contributed by atoms with Crippen LogP contribution in [0.15, 0.2) is 17.2 Å². The van der Waals surface area contributed by atoms with Crippen LogP contribution in [-0.4, -0.2) is 31.6 Å². The number of aliphatic hydroxyl groups excluding tert-OH is 1. The number of nitrogens with zero attached hydrogens (tertiary/aromatic N) is 1. The first kappa shape index (κ1) is 13.1. The summed E-state index contributed by atoms with van der Waals surface area (Å²) in [7, 11) is 1.50. The standard InChI is InChI=1S/C10H12Cl2N2O2/c1-16-10-8(11)4-7(5-9(10)12)6-14-13-2-3-15/h4-6,13,15H,2-3H2,1H3. The van der Waals surface area contributed by atoms with Crippen LogP contribution >= 0.6 is 23.2 Å². The van der Waals surface area contributed by atoms with Gasteiger partial charge in [0.2, 0.25) is 0 Å². The number of benzene rings is 1. The summed E-state index contributed by atoms with van der Waals surface area (Å²) in [6.07, 6.45) is 1.56. The van der Waals surface area contributed by atoms with Crippen molar-refractivity contribution in [3.63, 3.8) is 0 Å². The Morgan fingerprint density at radius 3 is 2.56 bits per heavy atom. The zero-order valence-corrected chi connectivity index (χ0v) is 10.2. The van der Waals surface area contributed by atoms with Crippen molar-refractivity contribution in [2.45, 2.75) is 0 Å². The molecule has 0 aliphatic heterocycles. The van der Waals surface area contributed by atoms with E-state index in [1.54, 1.807) is 18.3 Å². The van der Waals surface area contributed by atoms with Crippen LogP contribution < -0.4 is 10.2 Å². The van der Waals surface area contributed by atoms with Crippen molar-refractivity contribution in [2.24, 2.45) is 5.10 Å². The van der Waals surface area contributed by atoms with Gasteiger partial charge in [0.15, 0.2) is 5.75 Å². The van der Waals surface area contributed by atoms with Crippen LogP contribution in [0.2, 0.25) is 10.0 Å². The van der Waals surface area contributed by atoms with Gasteiger partial charge in [0.25, 0.3) is 0 Å². The molecule has 0 aromatic heterocycles. The van der Waals surface area contributed by atoms with E-state index in [9.17, 15) is 0 Å². The molecule has 88 valence electrons. The van der Waals surface area contributed by atoms with E-state index in [0.29, 0.717) is 22.3 Å². The lowest BCUT2D eigenvalue weighted by Crippen LogP contribution is -2.11. The van der Waals surface area contributed by atoms with Gasteiger partial charge in [-0.15, -0.1) is 0 Å². The number of aliphatic hydroxyl groups is 1. The predicted molar refractivity (Wildman–Crippen MR) is 65.7 cm³/mol. The van der Waals surface area contributed by atoms with E-state index in [1.165, 1.54) is 7.11 Å². The molecule has 0 aliphatic rings. The predicted octanol–water partition coefficient (Wildman–Crippen LogP) is 1.92. The molecular formula is C10H12Cl2N2O2. The van der Waals surface area contributed by atoms with Gasteiger partial charge in [-0.1, -0.05) is 23.2 Å². The molecule has 16 heavy (non-hydrogen) atoms. The summed E-state index contributed by atoms with van der Waals surface area (Å²) < 4.78 is 5.02. The number of halogens is 2. The molecule has 0 fully saturated rings. The first-order valence-electron chi connectivity index (χ1n) is 4.59. The highest BCUT2D eigenvalue weighted by Crippen LogP contribution is 2.33. The third-order valence-corrected chi connectivity index (χ3v) is 2.31. The summed E-state index contributed by atoms with van der Waals surface area (Å²) in [5, 5.41) is 13.3. The Hall–Kier alpha value is -0.970. The number of hydrogen-bond acceptors (Lipinski definition) is 4. The molecule has 0 unspecified atom stereocenters. The summed E-state index contributed by atoms with van der Waals surface area (Å²) in [6.45, 7) is 0.426. The normalized spacial score (nSPS) is 10.8. The van der Waals surface area contributed by atoms with Crippen LogP contribution in [0, 0.1) is 0 Å². The molecule has 0 radical (unpaired) electrons. The average molecular weight is 263 g/mol. The molecule has 1 rings (SSSR count). The molecule has 6 heteroatoms. The molecule has 0 saturated carbocycles. The molecule has 0 amide bonds. The molecule has 0 spiro atoms. The van der Waals surface area contributed by atoms with Crippen molar-refractivity contribution in [3.05, 3.63) is 27.7 Å². The lowest BCUT2D eigenvalue weighted by molar-refractivity contribution is 0.294. The van der Waals surface area contributed by atoms with Gasteiger partial charge in [-0.25, -0.2) is 0 Å². The zero-order valence-electron chi connectivity index (χ0n) is 8.70. The van der Waals surface area contributed by atoms with Crippen molar-refractivity contribution < 1.29 is 9.84 Å². The molecular weight excluding hydrogens is 251 g/mol. The maximum Gasteiger partial charge on any atom is 0.156 e. The summed E-state index contributed by atoms with van der Waals surface area (Å²) in [6, 6.07) is 3.38. The van der Waals surface area contributed by atoms with Gasteiger partial charge in [-0.3, -0.25) is 0 Å². The van der Waals surface area contributed by atoms with Crippen LogP contribution in [0.5, 0.6) is 5.75 Å². The van der Waals surface area contributed by atoms with Crippen molar-refractivity contribution >= 4 is 29.4 Å². The SMILES string of the molecule is COc1c(Cl)cc(C=NNCCO)cc1Cl. The molecule has 0 saturated heterocycles. The number of hydrogen-bond donors (Lipinski definition) is 2. The zero-order chi connectivity index (χ0) is 12.0. The molecule has 1 aromatic rings. The van der Waals surface area contributed by atoms with Gasteiger partial charge in [0.05, 0.1) is 36.5 Å². The Labute approximate surface area is 104 Å². The summed E-state index contributed by atoms with van der Waals surface area (Å²) in [5.41, 5.74) is 3.40. The highest BCUT2D eigenvalue weighted by molar-refractivity contribution is 6.37. The second-order valence-electron chi connectivity index (χ2n) is 2.91. The Morgan fingerprint density at radius 2 is 2.06 bits per heavy atom. The van der Waals surface area contributed by atoms with E-state index in [2.05, 4.69) is 10.5 Å². The van der Waals surface area contributed by atoms with Crippen molar-refractivity contribution in [1.29, 1.82) is 0 Å². The largest absolute Gasteiger partial charge is 0.494 e. The van der Waals surface area contributed by atoms with Crippen LogP contribution in [0.4, 0.5) is 0 Å². The number of nitrogens with one attached hydrogen (secondary N) is 1. The summed E-state index contributed by atoms with van der Waals surface area (Å²) in [4.78, 5) is 0. The monoisotopic (exact) mass is 262 g/mol. The van der Waals surface area contributed by atoms with Gasteiger partial charge in [-0.05, 0) is 17.7 Å². The highest BCUT2D eigenvalue weighted by atomic mass is 35.5. The Balaban J connectivity index is 2.79. The van der Waals surface area contributed by atoms with Gasteiger partial charge < -0.3 is 15.3 Å². The second-order valence-corrected chi connectivity index (χ2v) is 3.72. The van der Waals surface area contributed by atoms with E-state index in [0.717, 1.165) is 5.56 Å². The minimum atomic E-state index is 0.0292. The lowest BCUT2D eigenvalue weighted by atomic mass is 10.2. The van der Waals surface area contributed by atoms with Crippen molar-refractivity contribution in [1.82, 2.24) is 5.43 Å². The number of methoxy groups -OCH3 is 1. The fraction of sp³-hybridized carbons (Fsp3) is 0.300. The third-order valence-electron chi connectivity index (χ3n) is 1.75. The summed E-state index contributed by atoms with van der Waals surface area (Å²) >= 11 is 11.9. The smallest absolute Gasteiger partial charge is 0.156 e. The minimum absolute atomic E-state index is 0.0292. The average Bonchev–Trinajstić information content (AvgIpc) is 2.24. The molecule has 4 nitrogen and oxygen atoms in total. The molecule has 0 bridgehead atoms. The van der Waals surface area contributed by atoms with Gasteiger partial charge >= 0.3 is 0 Å².